The van der Waals surface area contributed by atoms with Crippen molar-refractivity contribution >= 4 is 23.4 Å². The standard InChI is InChI=1S/C20H21ClN4O4/c1-29-17-5-4-12(21)9-14(17)19(27)25-7-2-3-16(25)20(28)24-8-6-13-15(10-24)22-11-23-18(13)26/h4-5,9,11,16H,2-3,6-8,10H2,1H3,(H,22,23,26). The van der Waals surface area contributed by atoms with Gasteiger partial charge >= 0.3 is 0 Å². The number of methoxy groups -OCH3 is 1. The Kier molecular flexibility index (Phi) is 5.27. The van der Waals surface area contributed by atoms with Gasteiger partial charge in [-0.3, -0.25) is 14.4 Å². The largest absolute Gasteiger partial charge is 0.496 e. The first-order chi connectivity index (χ1) is 14.0. The molecule has 9 heteroatoms. The molecule has 0 aliphatic carbocycles. The number of fused-ring (bicyclic) bond motifs is 1. The van der Waals surface area contributed by atoms with Crippen molar-refractivity contribution < 1.29 is 14.3 Å². The van der Waals surface area contributed by atoms with Gasteiger partial charge in [0.1, 0.15) is 11.8 Å². The van der Waals surface area contributed by atoms with Gasteiger partial charge in [0.05, 0.1) is 31.2 Å². The van der Waals surface area contributed by atoms with Gasteiger partial charge in [-0.15, -0.1) is 0 Å². The number of likely N-dealkylation sites (tertiary alicyclic amines) is 1. The smallest absolute Gasteiger partial charge is 0.258 e. The molecule has 3 heterocycles. The molecule has 1 unspecified atom stereocenters. The van der Waals surface area contributed by atoms with E-state index in [2.05, 4.69) is 9.97 Å². The molecule has 2 aliphatic heterocycles. The normalized spacial score (nSPS) is 18.5. The summed E-state index contributed by atoms with van der Waals surface area (Å²) in [6.07, 6.45) is 3.14. The fraction of sp³-hybridized carbons (Fsp3) is 0.400. The molecule has 1 fully saturated rings. The van der Waals surface area contributed by atoms with E-state index in [9.17, 15) is 14.4 Å². The molecule has 0 bridgehead atoms. The lowest BCUT2D eigenvalue weighted by Gasteiger charge is -2.33. The minimum atomic E-state index is -0.547. The van der Waals surface area contributed by atoms with Crippen molar-refractivity contribution in [1.82, 2.24) is 19.8 Å². The summed E-state index contributed by atoms with van der Waals surface area (Å²) in [5, 5.41) is 0.431. The number of hydrogen-bond acceptors (Lipinski definition) is 5. The maximum absolute atomic E-state index is 13.2. The van der Waals surface area contributed by atoms with Crippen LogP contribution in [0, 0.1) is 0 Å². The summed E-state index contributed by atoms with van der Waals surface area (Å²) in [5.74, 6) is 0.0320. The predicted octanol–water partition coefficient (Wildman–Crippen LogP) is 1.62. The van der Waals surface area contributed by atoms with E-state index in [-0.39, 0.29) is 23.9 Å². The highest BCUT2D eigenvalue weighted by Gasteiger charge is 2.38. The third-order valence-electron chi connectivity index (χ3n) is 5.51. The lowest BCUT2D eigenvalue weighted by atomic mass is 10.0. The Morgan fingerprint density at radius 3 is 2.93 bits per heavy atom. The van der Waals surface area contributed by atoms with Crippen LogP contribution in [0.1, 0.15) is 34.5 Å². The molecular formula is C20H21ClN4O4. The summed E-state index contributed by atoms with van der Waals surface area (Å²) in [4.78, 5) is 48.4. The average Bonchev–Trinajstić information content (AvgIpc) is 3.22. The van der Waals surface area contributed by atoms with Crippen LogP contribution in [0.3, 0.4) is 0 Å². The molecule has 8 nitrogen and oxygen atoms in total. The van der Waals surface area contributed by atoms with E-state index in [0.29, 0.717) is 53.5 Å². The van der Waals surface area contributed by atoms with Gasteiger partial charge in [-0.05, 0) is 37.5 Å². The maximum Gasteiger partial charge on any atom is 0.258 e. The van der Waals surface area contributed by atoms with Crippen LogP contribution in [-0.4, -0.2) is 57.8 Å². The van der Waals surface area contributed by atoms with E-state index in [4.69, 9.17) is 16.3 Å². The lowest BCUT2D eigenvalue weighted by Crippen LogP contribution is -2.49. The summed E-state index contributed by atoms with van der Waals surface area (Å²) >= 11 is 6.07. The van der Waals surface area contributed by atoms with Gasteiger partial charge < -0.3 is 19.5 Å². The fourth-order valence-electron chi connectivity index (χ4n) is 4.03. The zero-order chi connectivity index (χ0) is 20.5. The third-order valence-corrected chi connectivity index (χ3v) is 5.75. The van der Waals surface area contributed by atoms with Gasteiger partial charge in [0.15, 0.2) is 0 Å². The number of hydrogen-bond donors (Lipinski definition) is 1. The number of amides is 2. The van der Waals surface area contributed by atoms with Crippen molar-refractivity contribution in [3.8, 4) is 5.75 Å². The van der Waals surface area contributed by atoms with Crippen LogP contribution in [0.4, 0.5) is 0 Å². The summed E-state index contributed by atoms with van der Waals surface area (Å²) in [5.41, 5.74) is 1.42. The lowest BCUT2D eigenvalue weighted by molar-refractivity contribution is -0.136. The number of H-pyrrole nitrogens is 1. The monoisotopic (exact) mass is 416 g/mol. The fourth-order valence-corrected chi connectivity index (χ4v) is 4.21. The second-order valence-electron chi connectivity index (χ2n) is 7.17. The molecule has 4 rings (SSSR count). The Labute approximate surface area is 172 Å². The highest BCUT2D eigenvalue weighted by Crippen LogP contribution is 2.29. The van der Waals surface area contributed by atoms with E-state index in [1.54, 1.807) is 28.0 Å². The second-order valence-corrected chi connectivity index (χ2v) is 7.60. The Morgan fingerprint density at radius 1 is 1.31 bits per heavy atom. The number of carbonyl (C=O) groups is 2. The first kappa shape index (κ1) is 19.4. The van der Waals surface area contributed by atoms with Crippen molar-refractivity contribution in [3.05, 3.63) is 56.7 Å². The summed E-state index contributed by atoms with van der Waals surface area (Å²) in [6.45, 7) is 1.20. The molecule has 2 aromatic rings. The number of nitrogens with one attached hydrogen (secondary N) is 1. The molecule has 29 heavy (non-hydrogen) atoms. The van der Waals surface area contributed by atoms with Gasteiger partial charge in [0, 0.05) is 23.7 Å². The Hall–Kier alpha value is -2.87. The van der Waals surface area contributed by atoms with Crippen LogP contribution in [0.15, 0.2) is 29.3 Å². The average molecular weight is 417 g/mol. The highest BCUT2D eigenvalue weighted by atomic mass is 35.5. The van der Waals surface area contributed by atoms with E-state index in [1.165, 1.54) is 13.4 Å². The first-order valence-corrected chi connectivity index (χ1v) is 9.86. The van der Waals surface area contributed by atoms with E-state index < -0.39 is 6.04 Å². The van der Waals surface area contributed by atoms with Crippen LogP contribution in [0.5, 0.6) is 5.75 Å². The van der Waals surface area contributed by atoms with E-state index in [0.717, 1.165) is 6.42 Å². The van der Waals surface area contributed by atoms with Crippen LogP contribution in [0.2, 0.25) is 5.02 Å². The van der Waals surface area contributed by atoms with Gasteiger partial charge in [0.2, 0.25) is 5.91 Å². The number of nitrogens with zero attached hydrogens (tertiary/aromatic N) is 3. The molecule has 1 N–H and O–H groups in total. The number of rotatable bonds is 3. The Balaban J connectivity index is 1.56. The zero-order valence-electron chi connectivity index (χ0n) is 16.0. The molecule has 0 saturated carbocycles. The van der Waals surface area contributed by atoms with Crippen LogP contribution >= 0.6 is 11.6 Å². The van der Waals surface area contributed by atoms with Gasteiger partial charge in [-0.25, -0.2) is 4.98 Å². The van der Waals surface area contributed by atoms with Gasteiger partial charge in [-0.2, -0.15) is 0 Å². The number of aromatic amines is 1. The van der Waals surface area contributed by atoms with Crippen LogP contribution in [0.25, 0.3) is 0 Å². The van der Waals surface area contributed by atoms with E-state index in [1.807, 2.05) is 0 Å². The van der Waals surface area contributed by atoms with Gasteiger partial charge in [-0.1, -0.05) is 11.6 Å². The molecule has 0 radical (unpaired) electrons. The number of ether oxygens (including phenoxy) is 1. The number of carbonyl (C=O) groups excluding carboxylic acids is 2. The van der Waals surface area contributed by atoms with Crippen molar-refractivity contribution in [2.75, 3.05) is 20.2 Å². The van der Waals surface area contributed by atoms with Crippen molar-refractivity contribution in [1.29, 1.82) is 0 Å². The topological polar surface area (TPSA) is 95.6 Å². The van der Waals surface area contributed by atoms with Crippen molar-refractivity contribution in [2.24, 2.45) is 0 Å². The Morgan fingerprint density at radius 2 is 2.14 bits per heavy atom. The van der Waals surface area contributed by atoms with Gasteiger partial charge in [0.25, 0.3) is 11.5 Å². The molecule has 1 atom stereocenters. The predicted molar refractivity (Wildman–Crippen MR) is 106 cm³/mol. The number of aromatic nitrogens is 2. The van der Waals surface area contributed by atoms with E-state index >= 15 is 0 Å². The molecule has 1 saturated heterocycles. The highest BCUT2D eigenvalue weighted by molar-refractivity contribution is 6.31. The molecule has 2 amide bonds. The number of halogens is 1. The number of benzene rings is 1. The van der Waals surface area contributed by atoms with Crippen LogP contribution in [-0.2, 0) is 17.8 Å². The first-order valence-electron chi connectivity index (χ1n) is 9.48. The summed E-state index contributed by atoms with van der Waals surface area (Å²) in [6, 6.07) is 4.32. The van der Waals surface area contributed by atoms with Crippen LogP contribution < -0.4 is 10.3 Å². The minimum absolute atomic E-state index is 0.121. The SMILES string of the molecule is COc1ccc(Cl)cc1C(=O)N1CCCC1C(=O)N1CCc2c(nc[nH]c2=O)C1. The quantitative estimate of drug-likeness (QED) is 0.820. The third kappa shape index (κ3) is 3.60. The molecule has 1 aromatic carbocycles. The summed E-state index contributed by atoms with van der Waals surface area (Å²) in [7, 11) is 1.49. The minimum Gasteiger partial charge on any atom is -0.496 e. The molecular weight excluding hydrogens is 396 g/mol. The Bertz CT molecular complexity index is 1020. The molecule has 152 valence electrons. The molecule has 2 aliphatic rings. The zero-order valence-corrected chi connectivity index (χ0v) is 16.7. The molecule has 0 spiro atoms. The maximum atomic E-state index is 13.2. The second kappa shape index (κ2) is 7.87. The molecule has 1 aromatic heterocycles. The summed E-state index contributed by atoms with van der Waals surface area (Å²) < 4.78 is 5.30. The van der Waals surface area contributed by atoms with Crippen molar-refractivity contribution in [2.45, 2.75) is 31.8 Å². The van der Waals surface area contributed by atoms with Crippen molar-refractivity contribution in [3.63, 3.8) is 0 Å².